The van der Waals surface area contributed by atoms with Crippen molar-refractivity contribution >= 4 is 11.7 Å². The van der Waals surface area contributed by atoms with E-state index >= 15 is 0 Å². The van der Waals surface area contributed by atoms with Crippen molar-refractivity contribution in [1.82, 2.24) is 14.5 Å². The highest BCUT2D eigenvalue weighted by Crippen LogP contribution is 2.23. The number of anilines is 1. The molecular formula is C18H20N4O2. The number of benzene rings is 1. The standard InChI is InChI=1S/C18H20N4O2/c1-13(16-8-5-11-24-16)22(3)18(23)20-15-7-4-6-14(12-15)17-19-9-10-21(17)2/h4-13H,1-3H3,(H,20,23)/t13-/m0/s1. The first kappa shape index (κ1) is 15.9. The summed E-state index contributed by atoms with van der Waals surface area (Å²) in [6.07, 6.45) is 5.24. The minimum absolute atomic E-state index is 0.155. The zero-order chi connectivity index (χ0) is 17.1. The number of carbonyl (C=O) groups excluding carboxylic acids is 1. The summed E-state index contributed by atoms with van der Waals surface area (Å²) in [5.74, 6) is 1.60. The molecule has 0 aliphatic rings. The minimum atomic E-state index is -0.198. The highest BCUT2D eigenvalue weighted by Gasteiger charge is 2.19. The molecule has 1 N–H and O–H groups in total. The summed E-state index contributed by atoms with van der Waals surface area (Å²) in [6.45, 7) is 1.92. The molecule has 0 spiro atoms. The van der Waals surface area contributed by atoms with Crippen molar-refractivity contribution < 1.29 is 9.21 Å². The van der Waals surface area contributed by atoms with Crippen molar-refractivity contribution in [3.8, 4) is 11.4 Å². The molecule has 0 bridgehead atoms. The number of furan rings is 1. The SMILES string of the molecule is C[C@@H](c1ccco1)N(C)C(=O)Nc1cccc(-c2nccn2C)c1. The summed E-state index contributed by atoms with van der Waals surface area (Å²) in [7, 11) is 3.68. The van der Waals surface area contributed by atoms with Crippen LogP contribution in [0.3, 0.4) is 0 Å². The van der Waals surface area contributed by atoms with Crippen LogP contribution >= 0.6 is 0 Å². The molecule has 1 aromatic carbocycles. The van der Waals surface area contributed by atoms with Crippen molar-refractivity contribution in [3.05, 3.63) is 60.8 Å². The quantitative estimate of drug-likeness (QED) is 0.791. The minimum Gasteiger partial charge on any atom is -0.467 e. The van der Waals surface area contributed by atoms with Gasteiger partial charge < -0.3 is 19.2 Å². The summed E-state index contributed by atoms with van der Waals surface area (Å²) in [6, 6.07) is 10.9. The maximum Gasteiger partial charge on any atom is 0.322 e. The highest BCUT2D eigenvalue weighted by atomic mass is 16.3. The van der Waals surface area contributed by atoms with E-state index in [0.29, 0.717) is 0 Å². The zero-order valence-corrected chi connectivity index (χ0v) is 13.9. The lowest BCUT2D eigenvalue weighted by Crippen LogP contribution is -2.33. The van der Waals surface area contributed by atoms with E-state index in [1.807, 2.05) is 61.1 Å². The Hall–Kier alpha value is -3.02. The summed E-state index contributed by atoms with van der Waals surface area (Å²) in [5, 5.41) is 2.91. The molecule has 6 nitrogen and oxygen atoms in total. The lowest BCUT2D eigenvalue weighted by molar-refractivity contribution is 0.201. The largest absolute Gasteiger partial charge is 0.467 e. The van der Waals surface area contributed by atoms with Crippen LogP contribution in [0.1, 0.15) is 18.7 Å². The topological polar surface area (TPSA) is 63.3 Å². The van der Waals surface area contributed by atoms with E-state index in [1.165, 1.54) is 0 Å². The number of urea groups is 1. The van der Waals surface area contributed by atoms with E-state index in [4.69, 9.17) is 4.42 Å². The van der Waals surface area contributed by atoms with Crippen LogP contribution in [0, 0.1) is 0 Å². The fourth-order valence-electron chi connectivity index (χ4n) is 2.49. The zero-order valence-electron chi connectivity index (χ0n) is 13.9. The average molecular weight is 324 g/mol. The van der Waals surface area contributed by atoms with E-state index in [0.717, 1.165) is 22.8 Å². The number of imidazole rings is 1. The van der Waals surface area contributed by atoms with Gasteiger partial charge in [-0.3, -0.25) is 0 Å². The number of nitrogens with one attached hydrogen (secondary N) is 1. The second kappa shape index (κ2) is 6.62. The number of carbonyl (C=O) groups is 1. The van der Waals surface area contributed by atoms with Gasteiger partial charge in [0, 0.05) is 37.7 Å². The molecule has 3 aromatic rings. The first-order valence-corrected chi connectivity index (χ1v) is 7.71. The molecule has 0 unspecified atom stereocenters. The highest BCUT2D eigenvalue weighted by molar-refractivity contribution is 5.90. The van der Waals surface area contributed by atoms with Crippen molar-refractivity contribution in [2.45, 2.75) is 13.0 Å². The molecule has 0 aliphatic heterocycles. The molecule has 1 atom stereocenters. The number of hydrogen-bond donors (Lipinski definition) is 1. The number of amides is 2. The molecule has 24 heavy (non-hydrogen) atoms. The molecule has 0 fully saturated rings. The monoisotopic (exact) mass is 324 g/mol. The van der Waals surface area contributed by atoms with Gasteiger partial charge in [-0.2, -0.15) is 0 Å². The van der Waals surface area contributed by atoms with Crippen LogP contribution in [0.4, 0.5) is 10.5 Å². The predicted molar refractivity (Wildman–Crippen MR) is 92.5 cm³/mol. The average Bonchev–Trinajstić information content (AvgIpc) is 3.25. The Bertz CT molecular complexity index is 823. The number of nitrogens with zero attached hydrogens (tertiary/aromatic N) is 3. The van der Waals surface area contributed by atoms with Gasteiger partial charge in [0.05, 0.1) is 12.3 Å². The Labute approximate surface area is 140 Å². The third-order valence-corrected chi connectivity index (χ3v) is 4.05. The molecule has 0 saturated heterocycles. The maximum absolute atomic E-state index is 12.5. The smallest absolute Gasteiger partial charge is 0.322 e. The van der Waals surface area contributed by atoms with Crippen molar-refractivity contribution in [2.75, 3.05) is 12.4 Å². The molecule has 3 rings (SSSR count). The Morgan fingerprint density at radius 3 is 2.83 bits per heavy atom. The van der Waals surface area contributed by atoms with Gasteiger partial charge in [-0.05, 0) is 31.2 Å². The maximum atomic E-state index is 12.5. The second-order valence-electron chi connectivity index (χ2n) is 5.68. The van der Waals surface area contributed by atoms with Gasteiger partial charge in [-0.25, -0.2) is 9.78 Å². The van der Waals surface area contributed by atoms with E-state index < -0.39 is 0 Å². The predicted octanol–water partition coefficient (Wildman–Crippen LogP) is 3.91. The van der Waals surface area contributed by atoms with Gasteiger partial charge >= 0.3 is 6.03 Å². The lowest BCUT2D eigenvalue weighted by atomic mass is 10.2. The number of aryl methyl sites for hydroxylation is 1. The van der Waals surface area contributed by atoms with Gasteiger partial charge in [-0.15, -0.1) is 0 Å². The van der Waals surface area contributed by atoms with Crippen LogP contribution in [0.2, 0.25) is 0 Å². The van der Waals surface area contributed by atoms with E-state index in [1.54, 1.807) is 24.4 Å². The normalized spacial score (nSPS) is 12.0. The Morgan fingerprint density at radius 2 is 2.17 bits per heavy atom. The molecule has 2 amide bonds. The lowest BCUT2D eigenvalue weighted by Gasteiger charge is -2.23. The van der Waals surface area contributed by atoms with Crippen LogP contribution in [0.25, 0.3) is 11.4 Å². The van der Waals surface area contributed by atoms with Crippen LogP contribution in [0.5, 0.6) is 0 Å². The molecule has 124 valence electrons. The number of hydrogen-bond acceptors (Lipinski definition) is 3. The van der Waals surface area contributed by atoms with Crippen molar-refractivity contribution in [2.24, 2.45) is 7.05 Å². The molecule has 0 radical (unpaired) electrons. The van der Waals surface area contributed by atoms with Gasteiger partial charge in [-0.1, -0.05) is 12.1 Å². The molecule has 2 heterocycles. The molecule has 6 heteroatoms. The van der Waals surface area contributed by atoms with Crippen molar-refractivity contribution in [3.63, 3.8) is 0 Å². The van der Waals surface area contributed by atoms with Crippen molar-refractivity contribution in [1.29, 1.82) is 0 Å². The third-order valence-electron chi connectivity index (χ3n) is 4.05. The summed E-state index contributed by atoms with van der Waals surface area (Å²) < 4.78 is 7.30. The molecule has 0 saturated carbocycles. The van der Waals surface area contributed by atoms with Gasteiger partial charge in [0.15, 0.2) is 0 Å². The Kier molecular flexibility index (Phi) is 4.37. The first-order valence-electron chi connectivity index (χ1n) is 7.71. The fraction of sp³-hybridized carbons (Fsp3) is 0.222. The van der Waals surface area contributed by atoms with E-state index in [9.17, 15) is 4.79 Å². The first-order chi connectivity index (χ1) is 11.6. The van der Waals surface area contributed by atoms with Gasteiger partial charge in [0.2, 0.25) is 0 Å². The molecular weight excluding hydrogens is 304 g/mol. The summed E-state index contributed by atoms with van der Waals surface area (Å²) >= 11 is 0. The van der Waals surface area contributed by atoms with E-state index in [2.05, 4.69) is 10.3 Å². The van der Waals surface area contributed by atoms with Crippen LogP contribution in [-0.4, -0.2) is 27.5 Å². The third kappa shape index (κ3) is 3.17. The van der Waals surface area contributed by atoms with Crippen LogP contribution < -0.4 is 5.32 Å². The molecule has 0 aliphatic carbocycles. The Balaban J connectivity index is 1.74. The summed E-state index contributed by atoms with van der Waals surface area (Å²) in [5.41, 5.74) is 1.67. The Morgan fingerprint density at radius 1 is 1.33 bits per heavy atom. The number of aromatic nitrogens is 2. The van der Waals surface area contributed by atoms with Crippen LogP contribution in [0.15, 0.2) is 59.5 Å². The summed E-state index contributed by atoms with van der Waals surface area (Å²) in [4.78, 5) is 18.4. The van der Waals surface area contributed by atoms with Crippen LogP contribution in [-0.2, 0) is 7.05 Å². The second-order valence-corrected chi connectivity index (χ2v) is 5.68. The van der Waals surface area contributed by atoms with Gasteiger partial charge in [0.25, 0.3) is 0 Å². The van der Waals surface area contributed by atoms with Gasteiger partial charge in [0.1, 0.15) is 11.6 Å². The molecule has 2 aromatic heterocycles. The number of rotatable bonds is 4. The fourth-order valence-corrected chi connectivity index (χ4v) is 2.49. The van der Waals surface area contributed by atoms with E-state index in [-0.39, 0.29) is 12.1 Å².